The fraction of sp³-hybridized carbons (Fsp3) is 0.179. The quantitative estimate of drug-likeness (QED) is 0.404. The molecule has 35 heavy (non-hydrogen) atoms. The minimum Gasteiger partial charge on any atom is -0.484 e. The Kier molecular flexibility index (Phi) is 6.30. The smallest absolute Gasteiger partial charge is 0.276 e. The van der Waals surface area contributed by atoms with Crippen molar-refractivity contribution >= 4 is 23.2 Å². The molecule has 4 aromatic rings. The predicted molar refractivity (Wildman–Crippen MR) is 135 cm³/mol. The zero-order valence-corrected chi connectivity index (χ0v) is 19.5. The van der Waals surface area contributed by atoms with Crippen molar-refractivity contribution in [1.82, 2.24) is 9.78 Å². The first-order valence-electron chi connectivity index (χ1n) is 11.6. The van der Waals surface area contributed by atoms with E-state index in [1.807, 2.05) is 66.2 Å². The van der Waals surface area contributed by atoms with Gasteiger partial charge < -0.3 is 15.4 Å². The number of carbonyl (C=O) groups excluding carboxylic acids is 2. The summed E-state index contributed by atoms with van der Waals surface area (Å²) in [6.07, 6.45) is 2.75. The second-order valence-corrected chi connectivity index (χ2v) is 8.56. The van der Waals surface area contributed by atoms with Gasteiger partial charge in [-0.1, -0.05) is 42.0 Å². The number of benzene rings is 3. The monoisotopic (exact) mass is 466 g/mol. The van der Waals surface area contributed by atoms with Gasteiger partial charge in [0.25, 0.3) is 11.8 Å². The van der Waals surface area contributed by atoms with Crippen LogP contribution in [0.15, 0.2) is 78.9 Å². The minimum absolute atomic E-state index is 0.138. The zero-order chi connectivity index (χ0) is 24.2. The molecule has 0 bridgehead atoms. The molecule has 5 rings (SSSR count). The number of fused-ring (bicyclic) bond motifs is 1. The van der Waals surface area contributed by atoms with Gasteiger partial charge in [-0.25, -0.2) is 4.68 Å². The third kappa shape index (κ3) is 5.09. The van der Waals surface area contributed by atoms with E-state index in [2.05, 4.69) is 15.7 Å². The molecular formula is C28H26N4O3. The number of aryl methyl sites for hydroxylation is 1. The Morgan fingerprint density at radius 2 is 1.69 bits per heavy atom. The summed E-state index contributed by atoms with van der Waals surface area (Å²) in [7, 11) is 0. The van der Waals surface area contributed by atoms with Crippen LogP contribution in [-0.2, 0) is 17.6 Å². The van der Waals surface area contributed by atoms with Crippen molar-refractivity contribution in [2.24, 2.45) is 0 Å². The summed E-state index contributed by atoms with van der Waals surface area (Å²) >= 11 is 0. The average molecular weight is 467 g/mol. The normalized spacial score (nSPS) is 12.1. The molecule has 176 valence electrons. The molecule has 2 amide bonds. The first-order chi connectivity index (χ1) is 17.1. The number of hydrogen-bond donors (Lipinski definition) is 2. The SMILES string of the molecule is Cc1ccc(-n2nc(C(=O)Nc3cccc(OCC(=O)Nc4ccccc4)c3)c3c2CCC3)cc1. The fourth-order valence-electron chi connectivity index (χ4n) is 4.24. The van der Waals surface area contributed by atoms with Crippen LogP contribution in [0.4, 0.5) is 11.4 Å². The van der Waals surface area contributed by atoms with E-state index in [4.69, 9.17) is 4.74 Å². The van der Waals surface area contributed by atoms with Gasteiger partial charge in [0, 0.05) is 28.7 Å². The minimum atomic E-state index is -0.261. The van der Waals surface area contributed by atoms with Crippen molar-refractivity contribution in [2.45, 2.75) is 26.2 Å². The highest BCUT2D eigenvalue weighted by Gasteiger charge is 2.27. The fourth-order valence-corrected chi connectivity index (χ4v) is 4.24. The first kappa shape index (κ1) is 22.4. The molecular weight excluding hydrogens is 440 g/mol. The number of ether oxygens (including phenoxy) is 1. The number of aromatic nitrogens is 2. The molecule has 2 N–H and O–H groups in total. The van der Waals surface area contributed by atoms with Crippen LogP contribution in [0.2, 0.25) is 0 Å². The van der Waals surface area contributed by atoms with Crippen LogP contribution < -0.4 is 15.4 Å². The van der Waals surface area contributed by atoms with E-state index < -0.39 is 0 Å². The largest absolute Gasteiger partial charge is 0.484 e. The van der Waals surface area contributed by atoms with Crippen LogP contribution in [-0.4, -0.2) is 28.2 Å². The molecule has 1 heterocycles. The Balaban J connectivity index is 1.27. The van der Waals surface area contributed by atoms with Crippen molar-refractivity contribution < 1.29 is 14.3 Å². The van der Waals surface area contributed by atoms with E-state index in [0.29, 0.717) is 22.8 Å². The number of rotatable bonds is 7. The predicted octanol–water partition coefficient (Wildman–Crippen LogP) is 4.94. The van der Waals surface area contributed by atoms with Crippen LogP contribution in [0.25, 0.3) is 5.69 Å². The summed E-state index contributed by atoms with van der Waals surface area (Å²) < 4.78 is 7.52. The van der Waals surface area contributed by atoms with Crippen LogP contribution in [0.1, 0.15) is 33.7 Å². The molecule has 1 aromatic heterocycles. The maximum absolute atomic E-state index is 13.2. The average Bonchev–Trinajstić information content (AvgIpc) is 3.47. The van der Waals surface area contributed by atoms with Crippen molar-refractivity contribution in [3.05, 3.63) is 101 Å². The van der Waals surface area contributed by atoms with E-state index in [0.717, 1.165) is 36.2 Å². The lowest BCUT2D eigenvalue weighted by atomic mass is 10.2. The molecule has 0 saturated heterocycles. The van der Waals surface area contributed by atoms with Crippen LogP contribution >= 0.6 is 0 Å². The van der Waals surface area contributed by atoms with Crippen molar-refractivity contribution in [3.63, 3.8) is 0 Å². The number of hydrogen-bond acceptors (Lipinski definition) is 4. The Bertz CT molecular complexity index is 1360. The third-order valence-corrected chi connectivity index (χ3v) is 5.94. The summed E-state index contributed by atoms with van der Waals surface area (Å²) in [5.41, 5.74) is 5.97. The standard InChI is InChI=1S/C28H26N4O3/c1-19-13-15-22(16-14-19)32-25-12-6-11-24(25)27(31-32)28(34)30-21-9-5-10-23(17-21)35-18-26(33)29-20-7-3-2-4-8-20/h2-5,7-10,13-17H,6,11-12,18H2,1H3,(H,29,33)(H,30,34). The molecule has 1 aliphatic rings. The Morgan fingerprint density at radius 3 is 2.49 bits per heavy atom. The van der Waals surface area contributed by atoms with Crippen molar-refractivity contribution in [2.75, 3.05) is 17.2 Å². The van der Waals surface area contributed by atoms with Gasteiger partial charge in [0.15, 0.2) is 12.3 Å². The van der Waals surface area contributed by atoms with E-state index in [1.165, 1.54) is 5.56 Å². The van der Waals surface area contributed by atoms with Crippen LogP contribution in [0.3, 0.4) is 0 Å². The summed E-state index contributed by atoms with van der Waals surface area (Å²) in [6, 6.07) is 24.3. The van der Waals surface area contributed by atoms with Gasteiger partial charge in [0.05, 0.1) is 5.69 Å². The van der Waals surface area contributed by atoms with Crippen LogP contribution in [0.5, 0.6) is 5.75 Å². The number of nitrogens with zero attached hydrogens (tertiary/aromatic N) is 2. The maximum atomic E-state index is 13.2. The van der Waals surface area contributed by atoms with Crippen molar-refractivity contribution in [1.29, 1.82) is 0 Å². The van der Waals surface area contributed by atoms with Gasteiger partial charge in [0.2, 0.25) is 0 Å². The van der Waals surface area contributed by atoms with Crippen LogP contribution in [0, 0.1) is 6.92 Å². The molecule has 0 fully saturated rings. The molecule has 3 aromatic carbocycles. The molecule has 1 aliphatic carbocycles. The van der Waals surface area contributed by atoms with Gasteiger partial charge in [0.1, 0.15) is 5.75 Å². The third-order valence-electron chi connectivity index (χ3n) is 5.94. The molecule has 0 aliphatic heterocycles. The van der Waals surface area contributed by atoms with Crippen molar-refractivity contribution in [3.8, 4) is 11.4 Å². The lowest BCUT2D eigenvalue weighted by Gasteiger charge is -2.10. The van der Waals surface area contributed by atoms with E-state index in [1.54, 1.807) is 24.3 Å². The Hall–Kier alpha value is -4.39. The van der Waals surface area contributed by atoms with Gasteiger partial charge >= 0.3 is 0 Å². The summed E-state index contributed by atoms with van der Waals surface area (Å²) in [4.78, 5) is 25.3. The lowest BCUT2D eigenvalue weighted by Crippen LogP contribution is -2.20. The molecule has 0 spiro atoms. The Morgan fingerprint density at radius 1 is 0.914 bits per heavy atom. The number of anilines is 2. The maximum Gasteiger partial charge on any atom is 0.276 e. The summed E-state index contributed by atoms with van der Waals surface area (Å²) in [5.74, 6) is -0.0303. The number of amides is 2. The van der Waals surface area contributed by atoms with E-state index >= 15 is 0 Å². The molecule has 7 heteroatoms. The Labute approximate surface area is 203 Å². The number of para-hydroxylation sites is 1. The van der Waals surface area contributed by atoms with E-state index in [-0.39, 0.29) is 18.4 Å². The highest BCUT2D eigenvalue weighted by molar-refractivity contribution is 6.04. The van der Waals surface area contributed by atoms with Gasteiger partial charge in [-0.05, 0) is 62.6 Å². The highest BCUT2D eigenvalue weighted by atomic mass is 16.5. The lowest BCUT2D eigenvalue weighted by molar-refractivity contribution is -0.118. The second kappa shape index (κ2) is 9.85. The second-order valence-electron chi connectivity index (χ2n) is 8.56. The molecule has 0 unspecified atom stereocenters. The van der Waals surface area contributed by atoms with E-state index in [9.17, 15) is 9.59 Å². The highest BCUT2D eigenvalue weighted by Crippen LogP contribution is 2.29. The van der Waals surface area contributed by atoms with Gasteiger partial charge in [-0.15, -0.1) is 0 Å². The van der Waals surface area contributed by atoms with Gasteiger partial charge in [-0.3, -0.25) is 9.59 Å². The summed E-state index contributed by atoms with van der Waals surface area (Å²) in [6.45, 7) is 1.91. The molecule has 7 nitrogen and oxygen atoms in total. The number of nitrogens with one attached hydrogen (secondary N) is 2. The summed E-state index contributed by atoms with van der Waals surface area (Å²) in [5, 5.41) is 10.4. The topological polar surface area (TPSA) is 85.2 Å². The zero-order valence-electron chi connectivity index (χ0n) is 19.5. The first-order valence-corrected chi connectivity index (χ1v) is 11.6. The van der Waals surface area contributed by atoms with Gasteiger partial charge in [-0.2, -0.15) is 5.10 Å². The molecule has 0 atom stereocenters. The molecule has 0 saturated carbocycles. The number of carbonyl (C=O) groups is 2. The molecule has 0 radical (unpaired) electrons.